The highest BCUT2D eigenvalue weighted by Gasteiger charge is 2.14. The number of rotatable bonds is 11. The number of amides is 2. The van der Waals surface area contributed by atoms with Crippen molar-refractivity contribution in [1.29, 1.82) is 0 Å². The Morgan fingerprint density at radius 2 is 1.75 bits per heavy atom. The number of ether oxygens (including phenoxy) is 2. The lowest BCUT2D eigenvalue weighted by molar-refractivity contribution is -0.117. The van der Waals surface area contributed by atoms with Crippen molar-refractivity contribution in [3.05, 3.63) is 47.9 Å². The molecule has 4 N–H and O–H groups in total. The SMILES string of the molecule is Cc1cnc(NC(=O)c2ccccc2NC(=O)CCOCCOCCN)cn1. The van der Waals surface area contributed by atoms with Crippen LogP contribution in [0.1, 0.15) is 22.5 Å². The molecule has 0 radical (unpaired) electrons. The van der Waals surface area contributed by atoms with Crippen molar-refractivity contribution < 1.29 is 19.1 Å². The zero-order valence-electron chi connectivity index (χ0n) is 15.8. The van der Waals surface area contributed by atoms with E-state index in [9.17, 15) is 9.59 Å². The van der Waals surface area contributed by atoms with Gasteiger partial charge in [-0.05, 0) is 19.1 Å². The van der Waals surface area contributed by atoms with Crippen LogP contribution in [0.3, 0.4) is 0 Å². The zero-order chi connectivity index (χ0) is 20.2. The molecule has 0 spiro atoms. The van der Waals surface area contributed by atoms with Crippen molar-refractivity contribution in [2.24, 2.45) is 5.73 Å². The normalized spacial score (nSPS) is 10.5. The van der Waals surface area contributed by atoms with E-state index in [1.807, 2.05) is 0 Å². The number of carbonyl (C=O) groups is 2. The van der Waals surface area contributed by atoms with E-state index in [4.69, 9.17) is 15.2 Å². The summed E-state index contributed by atoms with van der Waals surface area (Å²) in [7, 11) is 0. The Hall–Kier alpha value is -2.88. The second kappa shape index (κ2) is 11.8. The standard InChI is InChI=1S/C19H25N5O4/c1-14-12-22-17(13-21-14)24-19(26)15-4-2-3-5-16(15)23-18(25)6-8-27-10-11-28-9-7-20/h2-5,12-13H,6-11,20H2,1H3,(H,23,25)(H,22,24,26). The van der Waals surface area contributed by atoms with E-state index < -0.39 is 0 Å². The number of hydrogen-bond donors (Lipinski definition) is 3. The van der Waals surface area contributed by atoms with Gasteiger partial charge in [-0.25, -0.2) is 4.98 Å². The molecule has 1 aromatic carbocycles. The molecule has 1 heterocycles. The van der Waals surface area contributed by atoms with Gasteiger partial charge < -0.3 is 25.8 Å². The molecule has 0 atom stereocenters. The number of nitrogens with one attached hydrogen (secondary N) is 2. The van der Waals surface area contributed by atoms with Gasteiger partial charge in [0.25, 0.3) is 5.91 Å². The largest absolute Gasteiger partial charge is 0.379 e. The first kappa shape index (κ1) is 21.4. The molecule has 9 nitrogen and oxygen atoms in total. The Labute approximate surface area is 163 Å². The molecular formula is C19H25N5O4. The van der Waals surface area contributed by atoms with Crippen LogP contribution in [-0.2, 0) is 14.3 Å². The lowest BCUT2D eigenvalue weighted by Crippen LogP contribution is -2.20. The number of benzene rings is 1. The highest BCUT2D eigenvalue weighted by molar-refractivity contribution is 6.09. The third kappa shape index (κ3) is 7.39. The van der Waals surface area contributed by atoms with Gasteiger partial charge in [-0.2, -0.15) is 0 Å². The molecule has 150 valence electrons. The zero-order valence-corrected chi connectivity index (χ0v) is 15.8. The fraction of sp³-hybridized carbons (Fsp3) is 0.368. The second-order valence-corrected chi connectivity index (χ2v) is 5.85. The van der Waals surface area contributed by atoms with Crippen molar-refractivity contribution in [1.82, 2.24) is 9.97 Å². The van der Waals surface area contributed by atoms with Gasteiger partial charge in [-0.1, -0.05) is 12.1 Å². The van der Waals surface area contributed by atoms with Crippen LogP contribution in [0.5, 0.6) is 0 Å². The predicted octanol–water partition coefficient (Wildman–Crippen LogP) is 1.36. The number of aryl methyl sites for hydroxylation is 1. The Balaban J connectivity index is 1.84. The molecule has 0 saturated heterocycles. The van der Waals surface area contributed by atoms with Crippen molar-refractivity contribution in [3.8, 4) is 0 Å². The molecule has 2 amide bonds. The summed E-state index contributed by atoms with van der Waals surface area (Å²) in [6, 6.07) is 6.74. The molecule has 0 unspecified atom stereocenters. The van der Waals surface area contributed by atoms with Crippen molar-refractivity contribution >= 4 is 23.3 Å². The number of anilines is 2. The Morgan fingerprint density at radius 3 is 2.46 bits per heavy atom. The van der Waals surface area contributed by atoms with Crippen LogP contribution in [0, 0.1) is 6.92 Å². The average molecular weight is 387 g/mol. The molecule has 2 rings (SSSR count). The van der Waals surface area contributed by atoms with Gasteiger partial charge >= 0.3 is 0 Å². The molecule has 9 heteroatoms. The summed E-state index contributed by atoms with van der Waals surface area (Å²) in [6.45, 7) is 3.84. The quantitative estimate of drug-likeness (QED) is 0.497. The minimum absolute atomic E-state index is 0.163. The van der Waals surface area contributed by atoms with E-state index in [2.05, 4.69) is 20.6 Å². The molecule has 0 aliphatic rings. The second-order valence-electron chi connectivity index (χ2n) is 5.85. The Bertz CT molecular complexity index is 767. The van der Waals surface area contributed by atoms with E-state index in [1.165, 1.54) is 6.20 Å². The molecule has 2 aromatic rings. The number of hydrogen-bond acceptors (Lipinski definition) is 7. The van der Waals surface area contributed by atoms with Crippen LogP contribution in [0.4, 0.5) is 11.5 Å². The van der Waals surface area contributed by atoms with Crippen LogP contribution in [0.25, 0.3) is 0 Å². The summed E-state index contributed by atoms with van der Waals surface area (Å²) >= 11 is 0. The third-order valence-corrected chi connectivity index (χ3v) is 3.58. The maximum Gasteiger partial charge on any atom is 0.258 e. The first-order valence-electron chi connectivity index (χ1n) is 8.94. The first-order chi connectivity index (χ1) is 13.6. The summed E-state index contributed by atoms with van der Waals surface area (Å²) in [4.78, 5) is 32.8. The van der Waals surface area contributed by atoms with Crippen LogP contribution < -0.4 is 16.4 Å². The minimum Gasteiger partial charge on any atom is -0.379 e. The number of nitrogens with two attached hydrogens (primary N) is 1. The lowest BCUT2D eigenvalue weighted by Gasteiger charge is -2.11. The molecule has 0 aliphatic carbocycles. The molecule has 0 saturated carbocycles. The monoisotopic (exact) mass is 387 g/mol. The highest BCUT2D eigenvalue weighted by Crippen LogP contribution is 2.17. The smallest absolute Gasteiger partial charge is 0.258 e. The third-order valence-electron chi connectivity index (χ3n) is 3.58. The number of aromatic nitrogens is 2. The van der Waals surface area contributed by atoms with Gasteiger partial charge in [-0.3, -0.25) is 14.6 Å². The van der Waals surface area contributed by atoms with Crippen molar-refractivity contribution in [3.63, 3.8) is 0 Å². The van der Waals surface area contributed by atoms with E-state index >= 15 is 0 Å². The summed E-state index contributed by atoms with van der Waals surface area (Å²) < 4.78 is 10.5. The van der Waals surface area contributed by atoms with Gasteiger partial charge in [0.1, 0.15) is 0 Å². The van der Waals surface area contributed by atoms with Gasteiger partial charge in [0.2, 0.25) is 5.91 Å². The predicted molar refractivity (Wildman–Crippen MR) is 105 cm³/mol. The topological polar surface area (TPSA) is 128 Å². The fourth-order valence-electron chi connectivity index (χ4n) is 2.21. The Morgan fingerprint density at radius 1 is 1.00 bits per heavy atom. The summed E-state index contributed by atoms with van der Waals surface area (Å²) in [5, 5.41) is 5.40. The van der Waals surface area contributed by atoms with E-state index in [0.717, 1.165) is 5.69 Å². The highest BCUT2D eigenvalue weighted by atomic mass is 16.5. The summed E-state index contributed by atoms with van der Waals surface area (Å²) in [5.74, 6) is -0.303. The van der Waals surface area contributed by atoms with Crippen LogP contribution in [-0.4, -0.2) is 54.8 Å². The van der Waals surface area contributed by atoms with E-state index in [-0.39, 0.29) is 24.8 Å². The van der Waals surface area contributed by atoms with Crippen LogP contribution in [0.15, 0.2) is 36.7 Å². The summed E-state index contributed by atoms with van der Waals surface area (Å²) in [5.41, 5.74) is 6.80. The van der Waals surface area contributed by atoms with Crippen LogP contribution >= 0.6 is 0 Å². The van der Waals surface area contributed by atoms with Crippen molar-refractivity contribution in [2.45, 2.75) is 13.3 Å². The molecule has 0 bridgehead atoms. The van der Waals surface area contributed by atoms with Gasteiger partial charge in [0.15, 0.2) is 5.82 Å². The minimum atomic E-state index is -0.387. The number of nitrogens with zero attached hydrogens (tertiary/aromatic N) is 2. The Kier molecular flexibility index (Phi) is 8.99. The molecule has 0 fully saturated rings. The van der Waals surface area contributed by atoms with E-state index in [0.29, 0.717) is 43.4 Å². The average Bonchev–Trinajstić information content (AvgIpc) is 2.69. The van der Waals surface area contributed by atoms with Gasteiger partial charge in [-0.15, -0.1) is 0 Å². The molecule has 1 aromatic heterocycles. The maximum atomic E-state index is 12.5. The van der Waals surface area contributed by atoms with Gasteiger partial charge in [0, 0.05) is 6.54 Å². The van der Waals surface area contributed by atoms with Gasteiger partial charge in [0.05, 0.1) is 62.2 Å². The van der Waals surface area contributed by atoms with E-state index in [1.54, 1.807) is 37.4 Å². The maximum absolute atomic E-state index is 12.5. The first-order valence-corrected chi connectivity index (χ1v) is 8.94. The lowest BCUT2D eigenvalue weighted by atomic mass is 10.1. The number of para-hydroxylation sites is 1. The molecular weight excluding hydrogens is 362 g/mol. The molecule has 0 aliphatic heterocycles. The molecule has 28 heavy (non-hydrogen) atoms. The number of carbonyl (C=O) groups excluding carboxylic acids is 2. The van der Waals surface area contributed by atoms with Crippen LogP contribution in [0.2, 0.25) is 0 Å². The fourth-order valence-corrected chi connectivity index (χ4v) is 2.21. The summed E-state index contributed by atoms with van der Waals surface area (Å²) in [6.07, 6.45) is 3.20. The van der Waals surface area contributed by atoms with Crippen molar-refractivity contribution in [2.75, 3.05) is 43.6 Å².